The normalized spacial score (nSPS) is 11.8. The zero-order valence-electron chi connectivity index (χ0n) is 17.9. The van der Waals surface area contributed by atoms with Crippen LogP contribution in [0.4, 0.5) is 17.1 Å². The van der Waals surface area contributed by atoms with E-state index in [0.717, 1.165) is 11.4 Å². The molecule has 1 aromatic heterocycles. The number of hydrogen-bond acceptors (Lipinski definition) is 8. The molecule has 3 rings (SSSR count). The first-order valence-electron chi connectivity index (χ1n) is 10.1. The van der Waals surface area contributed by atoms with E-state index in [1.807, 2.05) is 13.8 Å². The number of hydrogen-bond donors (Lipinski definition) is 4. The Labute approximate surface area is 188 Å². The number of amides is 1. The van der Waals surface area contributed by atoms with Gasteiger partial charge in [0.05, 0.1) is 10.7 Å². The van der Waals surface area contributed by atoms with Crippen LogP contribution in [-0.2, 0) is 11.2 Å². The van der Waals surface area contributed by atoms with E-state index >= 15 is 0 Å². The molecule has 0 radical (unpaired) electrons. The first kappa shape index (κ1) is 23.1. The SMILES string of the molecule is CCCNc1c(N[C@@H](Cc2ccc(NC(=O)c3sc(C)nc3C)cc2)C(=O)O)c(=O)c1=O. The number of nitrogens with one attached hydrogen (secondary N) is 3. The standard InChI is InChI=1S/C22H24N4O5S/c1-4-9-23-16-17(19(28)18(16)27)26-15(22(30)31)10-13-5-7-14(8-6-13)25-21(29)20-11(2)24-12(3)32-20/h5-8,15,23,26H,4,9-10H2,1-3H3,(H,25,29)(H,30,31)/t15-/m0/s1. The molecule has 2 aromatic carbocycles. The average molecular weight is 457 g/mol. The highest BCUT2D eigenvalue weighted by Gasteiger charge is 2.26. The minimum Gasteiger partial charge on any atom is -0.480 e. The molecule has 0 aliphatic rings. The van der Waals surface area contributed by atoms with Crippen LogP contribution in [0, 0.1) is 13.8 Å². The Bertz CT molecular complexity index is 1210. The summed E-state index contributed by atoms with van der Waals surface area (Å²) in [6.45, 7) is 6.03. The maximum atomic E-state index is 12.4. The minimum atomic E-state index is -1.15. The van der Waals surface area contributed by atoms with Crippen molar-refractivity contribution >= 4 is 40.3 Å². The summed E-state index contributed by atoms with van der Waals surface area (Å²) < 4.78 is 0. The van der Waals surface area contributed by atoms with E-state index in [1.165, 1.54) is 11.3 Å². The monoisotopic (exact) mass is 456 g/mol. The van der Waals surface area contributed by atoms with Gasteiger partial charge in [-0.3, -0.25) is 14.4 Å². The molecular weight excluding hydrogens is 432 g/mol. The molecule has 0 aliphatic heterocycles. The number of aromatic nitrogens is 1. The third kappa shape index (κ3) is 5.02. The number of carbonyl (C=O) groups is 2. The summed E-state index contributed by atoms with van der Waals surface area (Å²) in [5.74, 6) is -1.40. The summed E-state index contributed by atoms with van der Waals surface area (Å²) >= 11 is 1.32. The molecule has 0 fully saturated rings. The van der Waals surface area contributed by atoms with Crippen LogP contribution in [0.2, 0.25) is 0 Å². The molecule has 1 amide bonds. The highest BCUT2D eigenvalue weighted by molar-refractivity contribution is 7.13. The summed E-state index contributed by atoms with van der Waals surface area (Å²) in [5, 5.41) is 18.7. The van der Waals surface area contributed by atoms with Crippen LogP contribution in [0.1, 0.15) is 39.3 Å². The second-order valence-corrected chi connectivity index (χ2v) is 8.58. The molecule has 10 heteroatoms. The van der Waals surface area contributed by atoms with Crippen LogP contribution in [0.15, 0.2) is 33.9 Å². The number of thiazole rings is 1. The first-order chi connectivity index (χ1) is 15.2. The predicted octanol–water partition coefficient (Wildman–Crippen LogP) is 2.54. The molecular formula is C22H24N4O5S. The molecule has 4 N–H and O–H groups in total. The average Bonchev–Trinajstić information content (AvgIpc) is 3.11. The highest BCUT2D eigenvalue weighted by atomic mass is 32.1. The summed E-state index contributed by atoms with van der Waals surface area (Å²) in [6.07, 6.45) is 0.842. The smallest absolute Gasteiger partial charge is 0.326 e. The van der Waals surface area contributed by atoms with Crippen molar-refractivity contribution in [2.45, 2.75) is 39.7 Å². The highest BCUT2D eigenvalue weighted by Crippen LogP contribution is 2.21. The van der Waals surface area contributed by atoms with E-state index in [9.17, 15) is 24.3 Å². The van der Waals surface area contributed by atoms with Gasteiger partial charge < -0.3 is 21.1 Å². The number of aliphatic carboxylic acids is 1. The van der Waals surface area contributed by atoms with Gasteiger partial charge in [0.2, 0.25) is 0 Å². The number of nitrogens with zero attached hydrogens (tertiary/aromatic N) is 1. The lowest BCUT2D eigenvalue weighted by molar-refractivity contribution is -0.137. The number of rotatable bonds is 10. The van der Waals surface area contributed by atoms with Crippen LogP contribution < -0.4 is 26.8 Å². The van der Waals surface area contributed by atoms with Crippen LogP contribution in [-0.4, -0.2) is 34.6 Å². The van der Waals surface area contributed by atoms with Gasteiger partial charge in [0.15, 0.2) is 0 Å². The number of carboxylic acids is 1. The number of carbonyl (C=O) groups excluding carboxylic acids is 1. The number of aryl methyl sites for hydroxylation is 2. The molecule has 32 heavy (non-hydrogen) atoms. The summed E-state index contributed by atoms with van der Waals surface area (Å²) in [6, 6.07) is 5.68. The Morgan fingerprint density at radius 2 is 1.75 bits per heavy atom. The second kappa shape index (κ2) is 9.73. The zero-order chi connectivity index (χ0) is 23.4. The molecule has 1 heterocycles. The van der Waals surface area contributed by atoms with Gasteiger partial charge in [-0.05, 0) is 38.0 Å². The fourth-order valence-electron chi connectivity index (χ4n) is 3.21. The zero-order valence-corrected chi connectivity index (χ0v) is 18.8. The Balaban J connectivity index is 1.67. The van der Waals surface area contributed by atoms with Gasteiger partial charge in [0.25, 0.3) is 16.8 Å². The van der Waals surface area contributed by atoms with Crippen molar-refractivity contribution in [1.29, 1.82) is 0 Å². The van der Waals surface area contributed by atoms with Crippen molar-refractivity contribution in [2.24, 2.45) is 0 Å². The maximum absolute atomic E-state index is 12.4. The van der Waals surface area contributed by atoms with E-state index in [2.05, 4.69) is 20.9 Å². The van der Waals surface area contributed by atoms with Crippen molar-refractivity contribution in [3.63, 3.8) is 0 Å². The summed E-state index contributed by atoms with van der Waals surface area (Å²) in [5.41, 5.74) is 0.706. The molecule has 0 aliphatic carbocycles. The Kier molecular flexibility index (Phi) is 7.04. The van der Waals surface area contributed by atoms with E-state index in [0.29, 0.717) is 28.4 Å². The lowest BCUT2D eigenvalue weighted by Crippen LogP contribution is -2.42. The third-order valence-corrected chi connectivity index (χ3v) is 5.91. The molecule has 0 bridgehead atoms. The van der Waals surface area contributed by atoms with E-state index < -0.39 is 22.9 Å². The largest absolute Gasteiger partial charge is 0.480 e. The van der Waals surface area contributed by atoms with Crippen LogP contribution in [0.5, 0.6) is 0 Å². The quantitative estimate of drug-likeness (QED) is 0.342. The van der Waals surface area contributed by atoms with E-state index in [4.69, 9.17) is 0 Å². The van der Waals surface area contributed by atoms with Gasteiger partial charge in [-0.25, -0.2) is 9.78 Å². The van der Waals surface area contributed by atoms with Crippen molar-refractivity contribution in [2.75, 3.05) is 22.5 Å². The van der Waals surface area contributed by atoms with Gasteiger partial charge in [0, 0.05) is 18.7 Å². The van der Waals surface area contributed by atoms with Gasteiger partial charge in [0.1, 0.15) is 22.3 Å². The third-order valence-electron chi connectivity index (χ3n) is 4.84. The van der Waals surface area contributed by atoms with Gasteiger partial charge in [-0.15, -0.1) is 11.3 Å². The second-order valence-electron chi connectivity index (χ2n) is 7.37. The van der Waals surface area contributed by atoms with Crippen LogP contribution >= 0.6 is 11.3 Å². The van der Waals surface area contributed by atoms with Gasteiger partial charge >= 0.3 is 5.97 Å². The fourth-order valence-corrected chi connectivity index (χ4v) is 4.03. The van der Waals surface area contributed by atoms with Crippen molar-refractivity contribution in [3.8, 4) is 0 Å². The van der Waals surface area contributed by atoms with Gasteiger partial charge in [-0.1, -0.05) is 19.1 Å². The molecule has 3 aromatic rings. The Hall–Kier alpha value is -3.53. The van der Waals surface area contributed by atoms with Crippen molar-refractivity contribution in [3.05, 3.63) is 65.9 Å². The first-order valence-corrected chi connectivity index (χ1v) is 10.9. The lowest BCUT2D eigenvalue weighted by atomic mass is 10.0. The van der Waals surface area contributed by atoms with Crippen LogP contribution in [0.3, 0.4) is 0 Å². The fraction of sp³-hybridized carbons (Fsp3) is 0.318. The number of anilines is 3. The van der Waals surface area contributed by atoms with Gasteiger partial charge in [-0.2, -0.15) is 0 Å². The van der Waals surface area contributed by atoms with E-state index in [-0.39, 0.29) is 23.7 Å². The molecule has 9 nitrogen and oxygen atoms in total. The molecule has 0 spiro atoms. The maximum Gasteiger partial charge on any atom is 0.326 e. The Morgan fingerprint density at radius 3 is 2.31 bits per heavy atom. The van der Waals surface area contributed by atoms with Crippen molar-refractivity contribution < 1.29 is 14.7 Å². The summed E-state index contributed by atoms with van der Waals surface area (Å²) in [7, 11) is 0. The van der Waals surface area contributed by atoms with Crippen LogP contribution in [0.25, 0.3) is 0 Å². The molecule has 0 saturated heterocycles. The topological polar surface area (TPSA) is 137 Å². The minimum absolute atomic E-state index is 0.00922. The molecule has 0 unspecified atom stereocenters. The molecule has 168 valence electrons. The predicted molar refractivity (Wildman–Crippen MR) is 125 cm³/mol. The Morgan fingerprint density at radius 1 is 1.09 bits per heavy atom. The molecule has 0 saturated carbocycles. The summed E-state index contributed by atoms with van der Waals surface area (Å²) in [4.78, 5) is 52.6. The molecule has 1 atom stereocenters. The van der Waals surface area contributed by atoms with E-state index in [1.54, 1.807) is 31.2 Å². The lowest BCUT2D eigenvalue weighted by Gasteiger charge is -2.20. The number of carboxylic acid groups (broad SMARTS) is 1. The van der Waals surface area contributed by atoms with Crippen molar-refractivity contribution in [1.82, 2.24) is 4.98 Å². The number of benzene rings is 1.